The molecule has 0 fully saturated rings. The van der Waals surface area contributed by atoms with Crippen LogP contribution >= 0.6 is 0 Å². The molecule has 2 aromatic rings. The van der Waals surface area contributed by atoms with Crippen LogP contribution in [0.25, 0.3) is 0 Å². The maximum atomic E-state index is 13.7. The Kier molecular flexibility index (Phi) is 3.60. The number of amides is 1. The molecular weight excluding hydrogens is 269 g/mol. The molecule has 0 heterocycles. The van der Waals surface area contributed by atoms with Crippen molar-refractivity contribution in [3.63, 3.8) is 0 Å². The zero-order valence-electron chi connectivity index (χ0n) is 11.7. The van der Waals surface area contributed by atoms with E-state index in [0.717, 1.165) is 18.4 Å². The highest BCUT2D eigenvalue weighted by atomic mass is 19.1. The second-order valence-electron chi connectivity index (χ2n) is 5.11. The van der Waals surface area contributed by atoms with Crippen molar-refractivity contribution in [1.29, 1.82) is 0 Å². The van der Waals surface area contributed by atoms with Crippen molar-refractivity contribution in [3.8, 4) is 5.75 Å². The van der Waals surface area contributed by atoms with Gasteiger partial charge in [0, 0.05) is 5.56 Å². The number of methoxy groups -OCH3 is 1. The van der Waals surface area contributed by atoms with E-state index in [9.17, 15) is 9.18 Å². The highest BCUT2D eigenvalue weighted by Crippen LogP contribution is 2.31. The molecule has 4 heteroatoms. The van der Waals surface area contributed by atoms with Gasteiger partial charge in [0.1, 0.15) is 0 Å². The Morgan fingerprint density at radius 2 is 2.10 bits per heavy atom. The smallest absolute Gasteiger partial charge is 0.251 e. The number of benzene rings is 2. The van der Waals surface area contributed by atoms with Crippen LogP contribution in [0.5, 0.6) is 5.75 Å². The third kappa shape index (κ3) is 2.61. The number of hydrogen-bond donors (Lipinski definition) is 1. The molecule has 2 aromatic carbocycles. The van der Waals surface area contributed by atoms with Crippen LogP contribution in [0.4, 0.5) is 4.39 Å². The van der Waals surface area contributed by atoms with Gasteiger partial charge in [0.25, 0.3) is 5.91 Å². The maximum Gasteiger partial charge on any atom is 0.251 e. The van der Waals surface area contributed by atoms with Gasteiger partial charge in [0.05, 0.1) is 13.2 Å². The van der Waals surface area contributed by atoms with Crippen molar-refractivity contribution in [1.82, 2.24) is 5.32 Å². The van der Waals surface area contributed by atoms with E-state index in [1.165, 1.54) is 24.8 Å². The minimum Gasteiger partial charge on any atom is -0.494 e. The van der Waals surface area contributed by atoms with Gasteiger partial charge in [-0.2, -0.15) is 0 Å². The van der Waals surface area contributed by atoms with Crippen LogP contribution in [0.2, 0.25) is 0 Å². The Morgan fingerprint density at radius 1 is 1.29 bits per heavy atom. The molecule has 0 spiro atoms. The molecule has 108 valence electrons. The Hall–Kier alpha value is -2.36. The summed E-state index contributed by atoms with van der Waals surface area (Å²) >= 11 is 0. The zero-order chi connectivity index (χ0) is 14.8. The van der Waals surface area contributed by atoms with Gasteiger partial charge in [-0.05, 0) is 42.2 Å². The van der Waals surface area contributed by atoms with E-state index in [0.29, 0.717) is 5.56 Å². The van der Waals surface area contributed by atoms with Crippen LogP contribution in [-0.4, -0.2) is 13.0 Å². The van der Waals surface area contributed by atoms with E-state index in [-0.39, 0.29) is 17.7 Å². The molecule has 0 aliphatic heterocycles. The maximum absolute atomic E-state index is 13.7. The molecule has 1 N–H and O–H groups in total. The van der Waals surface area contributed by atoms with Gasteiger partial charge in [-0.3, -0.25) is 4.79 Å². The van der Waals surface area contributed by atoms with Gasteiger partial charge >= 0.3 is 0 Å². The quantitative estimate of drug-likeness (QED) is 0.940. The van der Waals surface area contributed by atoms with Gasteiger partial charge in [-0.1, -0.05) is 24.3 Å². The molecule has 0 radical (unpaired) electrons. The third-order valence-electron chi connectivity index (χ3n) is 3.85. The molecule has 1 aliphatic rings. The number of halogens is 1. The summed E-state index contributed by atoms with van der Waals surface area (Å²) in [6.07, 6.45) is 1.84. The molecule has 0 saturated carbocycles. The van der Waals surface area contributed by atoms with Crippen molar-refractivity contribution in [2.75, 3.05) is 7.11 Å². The summed E-state index contributed by atoms with van der Waals surface area (Å²) in [5, 5.41) is 2.97. The summed E-state index contributed by atoms with van der Waals surface area (Å²) in [5.41, 5.74) is 2.72. The number of aryl methyl sites for hydroxylation is 1. The fourth-order valence-electron chi connectivity index (χ4n) is 2.76. The van der Waals surface area contributed by atoms with Gasteiger partial charge in [-0.25, -0.2) is 4.39 Å². The minimum atomic E-state index is -0.531. The van der Waals surface area contributed by atoms with Gasteiger partial charge < -0.3 is 10.1 Å². The summed E-state index contributed by atoms with van der Waals surface area (Å²) in [4.78, 5) is 12.2. The fraction of sp³-hybridized carbons (Fsp3) is 0.235. The van der Waals surface area contributed by atoms with Gasteiger partial charge in [-0.15, -0.1) is 0 Å². The van der Waals surface area contributed by atoms with Crippen LogP contribution in [0.15, 0.2) is 42.5 Å². The van der Waals surface area contributed by atoms with E-state index in [1.807, 2.05) is 18.2 Å². The minimum absolute atomic E-state index is 0.00105. The lowest BCUT2D eigenvalue weighted by Gasteiger charge is -2.14. The Labute approximate surface area is 122 Å². The molecule has 3 rings (SSSR count). The number of carbonyl (C=O) groups excluding carboxylic acids is 1. The number of fused-ring (bicyclic) bond motifs is 1. The molecule has 0 bridgehead atoms. The molecule has 21 heavy (non-hydrogen) atoms. The lowest BCUT2D eigenvalue weighted by molar-refractivity contribution is 0.0936. The zero-order valence-corrected chi connectivity index (χ0v) is 11.7. The first kappa shape index (κ1) is 13.6. The highest BCUT2D eigenvalue weighted by Gasteiger charge is 2.24. The van der Waals surface area contributed by atoms with E-state index in [1.54, 1.807) is 6.07 Å². The third-order valence-corrected chi connectivity index (χ3v) is 3.85. The number of carbonyl (C=O) groups is 1. The van der Waals surface area contributed by atoms with Crippen molar-refractivity contribution >= 4 is 5.91 Å². The second-order valence-corrected chi connectivity index (χ2v) is 5.11. The number of ether oxygens (including phenoxy) is 1. The first-order chi connectivity index (χ1) is 10.2. The number of hydrogen-bond acceptors (Lipinski definition) is 2. The van der Waals surface area contributed by atoms with Crippen LogP contribution < -0.4 is 10.1 Å². The lowest BCUT2D eigenvalue weighted by Crippen LogP contribution is -2.27. The normalized spacial score (nSPS) is 16.4. The van der Waals surface area contributed by atoms with E-state index in [4.69, 9.17) is 4.74 Å². The van der Waals surface area contributed by atoms with Crippen LogP contribution in [-0.2, 0) is 6.42 Å². The second kappa shape index (κ2) is 5.56. The average molecular weight is 285 g/mol. The molecule has 1 aliphatic carbocycles. The van der Waals surface area contributed by atoms with E-state index in [2.05, 4.69) is 11.4 Å². The van der Waals surface area contributed by atoms with Gasteiger partial charge in [0.2, 0.25) is 0 Å². The van der Waals surface area contributed by atoms with Crippen molar-refractivity contribution in [2.24, 2.45) is 0 Å². The van der Waals surface area contributed by atoms with Gasteiger partial charge in [0.15, 0.2) is 11.6 Å². The average Bonchev–Trinajstić information content (AvgIpc) is 2.90. The molecular formula is C17H16FNO2. The summed E-state index contributed by atoms with van der Waals surface area (Å²) in [7, 11) is 1.40. The van der Waals surface area contributed by atoms with Crippen LogP contribution in [0.3, 0.4) is 0 Å². The van der Waals surface area contributed by atoms with Crippen molar-refractivity contribution < 1.29 is 13.9 Å². The predicted molar refractivity (Wildman–Crippen MR) is 77.9 cm³/mol. The van der Waals surface area contributed by atoms with E-state index < -0.39 is 5.82 Å². The van der Waals surface area contributed by atoms with Crippen molar-refractivity contribution in [3.05, 3.63) is 65.0 Å². The summed E-state index contributed by atoms with van der Waals surface area (Å²) in [6.45, 7) is 0. The Morgan fingerprint density at radius 3 is 2.86 bits per heavy atom. The topological polar surface area (TPSA) is 38.3 Å². The first-order valence-electron chi connectivity index (χ1n) is 6.91. The first-order valence-corrected chi connectivity index (χ1v) is 6.91. The highest BCUT2D eigenvalue weighted by molar-refractivity contribution is 5.94. The number of nitrogens with one attached hydrogen (secondary N) is 1. The monoisotopic (exact) mass is 285 g/mol. The number of rotatable bonds is 3. The summed E-state index contributed by atoms with van der Waals surface area (Å²) in [5.74, 6) is -0.659. The molecule has 1 unspecified atom stereocenters. The SMILES string of the molecule is COc1ccc(C(=O)NC2CCc3ccccc32)cc1F. The molecule has 0 saturated heterocycles. The molecule has 0 aromatic heterocycles. The predicted octanol–water partition coefficient (Wildman–Crippen LogP) is 3.25. The standard InChI is InChI=1S/C17H16FNO2/c1-21-16-9-7-12(10-14(16)18)17(20)19-15-8-6-11-4-2-3-5-13(11)15/h2-5,7,9-10,15H,6,8H2,1H3,(H,19,20). The summed E-state index contributed by atoms with van der Waals surface area (Å²) < 4.78 is 18.5. The molecule has 1 atom stereocenters. The largest absolute Gasteiger partial charge is 0.494 e. The Balaban J connectivity index is 1.77. The lowest BCUT2D eigenvalue weighted by atomic mass is 10.1. The van der Waals surface area contributed by atoms with Crippen LogP contribution in [0, 0.1) is 5.82 Å². The molecule has 3 nitrogen and oxygen atoms in total. The van der Waals surface area contributed by atoms with Crippen LogP contribution in [0.1, 0.15) is 33.9 Å². The van der Waals surface area contributed by atoms with E-state index >= 15 is 0 Å². The fourth-order valence-corrected chi connectivity index (χ4v) is 2.76. The van der Waals surface area contributed by atoms with Crippen molar-refractivity contribution in [2.45, 2.75) is 18.9 Å². The summed E-state index contributed by atoms with van der Waals surface area (Å²) in [6, 6.07) is 12.3. The Bertz CT molecular complexity index is 684. The molecule has 1 amide bonds.